The van der Waals surface area contributed by atoms with Gasteiger partial charge in [-0.05, 0) is 42.5 Å². The molecule has 2 fully saturated rings. The van der Waals surface area contributed by atoms with Crippen molar-refractivity contribution >= 4 is 29.9 Å². The van der Waals surface area contributed by atoms with E-state index in [1.807, 2.05) is 12.1 Å². The van der Waals surface area contributed by atoms with E-state index in [9.17, 15) is 0 Å². The van der Waals surface area contributed by atoms with Crippen LogP contribution >= 0.6 is 24.0 Å². The molecule has 0 radical (unpaired) electrons. The Hall–Kier alpha value is -1.62. The molecule has 1 aliphatic carbocycles. The molecule has 2 atom stereocenters. The average Bonchev–Trinajstić information content (AvgIpc) is 3.48. The topological polar surface area (TPSA) is 77.3 Å². The predicted octanol–water partition coefficient (Wildman–Crippen LogP) is 3.45. The number of rotatable bonds is 6. The number of halogens is 1. The molecule has 2 unspecified atom stereocenters. The van der Waals surface area contributed by atoms with Crippen LogP contribution < -0.4 is 10.6 Å². The van der Waals surface area contributed by atoms with Crippen molar-refractivity contribution in [1.82, 2.24) is 10.6 Å². The Balaban J connectivity index is 0.00000259. The molecule has 1 aromatic heterocycles. The average molecular weight is 567 g/mol. The van der Waals surface area contributed by atoms with Gasteiger partial charge in [0, 0.05) is 31.8 Å². The molecule has 33 heavy (non-hydrogen) atoms. The summed E-state index contributed by atoms with van der Waals surface area (Å²) in [4.78, 5) is 4.88. The Kier molecular flexibility index (Phi) is 8.67. The number of nitrogens with one attached hydrogen (secondary N) is 2. The second-order valence-corrected chi connectivity index (χ2v) is 8.87. The van der Waals surface area contributed by atoms with Crippen LogP contribution in [0, 0.1) is 0 Å². The van der Waals surface area contributed by atoms with Crippen LogP contribution in [0.5, 0.6) is 0 Å². The van der Waals surface area contributed by atoms with Crippen LogP contribution in [-0.2, 0) is 33.5 Å². The molecule has 0 amide bonds. The summed E-state index contributed by atoms with van der Waals surface area (Å²) in [5.41, 5.74) is 2.90. The van der Waals surface area contributed by atoms with Gasteiger partial charge in [0.05, 0.1) is 32.6 Å². The van der Waals surface area contributed by atoms with Crippen molar-refractivity contribution in [2.24, 2.45) is 4.99 Å². The second kappa shape index (κ2) is 11.7. The number of guanidine groups is 1. The van der Waals surface area contributed by atoms with E-state index in [0.29, 0.717) is 32.4 Å². The first kappa shape index (κ1) is 24.5. The fourth-order valence-electron chi connectivity index (χ4n) is 4.77. The quantitative estimate of drug-likeness (QED) is 0.317. The first-order valence-corrected chi connectivity index (χ1v) is 11.8. The van der Waals surface area contributed by atoms with E-state index in [4.69, 9.17) is 23.6 Å². The molecule has 1 aromatic carbocycles. The number of aliphatic imine (C=N–C) groups is 1. The lowest BCUT2D eigenvalue weighted by molar-refractivity contribution is -0.210. The maximum Gasteiger partial charge on any atom is 0.191 e. The van der Waals surface area contributed by atoms with Gasteiger partial charge in [-0.1, -0.05) is 24.3 Å². The molecule has 5 rings (SSSR count). The first-order chi connectivity index (χ1) is 15.8. The van der Waals surface area contributed by atoms with Gasteiger partial charge in [-0.25, -0.2) is 0 Å². The van der Waals surface area contributed by atoms with Gasteiger partial charge in [-0.2, -0.15) is 0 Å². The lowest BCUT2D eigenvalue weighted by atomic mass is 9.88. The molecule has 2 N–H and O–H groups in total. The largest absolute Gasteiger partial charge is 0.469 e. The molecule has 3 heterocycles. The highest BCUT2D eigenvalue weighted by Gasteiger charge is 2.42. The van der Waals surface area contributed by atoms with Gasteiger partial charge in [0.15, 0.2) is 11.7 Å². The molecule has 8 heteroatoms. The van der Waals surface area contributed by atoms with E-state index in [2.05, 4.69) is 34.9 Å². The van der Waals surface area contributed by atoms with Gasteiger partial charge in [0.1, 0.15) is 11.9 Å². The van der Waals surface area contributed by atoms with Crippen molar-refractivity contribution in [2.75, 3.05) is 32.9 Å². The van der Waals surface area contributed by atoms with Crippen LogP contribution in [0.15, 0.2) is 52.1 Å². The summed E-state index contributed by atoms with van der Waals surface area (Å²) in [6.45, 7) is 3.30. The Morgan fingerprint density at radius 1 is 1.09 bits per heavy atom. The summed E-state index contributed by atoms with van der Waals surface area (Å²) >= 11 is 0. The highest BCUT2D eigenvalue weighted by Crippen LogP contribution is 2.33. The van der Waals surface area contributed by atoms with Crippen molar-refractivity contribution in [2.45, 2.75) is 56.5 Å². The van der Waals surface area contributed by atoms with Crippen LogP contribution in [0.3, 0.4) is 0 Å². The molecule has 3 aliphatic rings. The minimum absolute atomic E-state index is 0. The van der Waals surface area contributed by atoms with Gasteiger partial charge in [-0.15, -0.1) is 24.0 Å². The highest BCUT2D eigenvalue weighted by atomic mass is 127. The van der Waals surface area contributed by atoms with Crippen molar-refractivity contribution < 1.29 is 18.6 Å². The van der Waals surface area contributed by atoms with Crippen molar-refractivity contribution in [3.63, 3.8) is 0 Å². The molecule has 2 aromatic rings. The molecule has 2 saturated heterocycles. The standard InChI is InChI=1S/C25H33N3O4.HI/c1-2-5-20-16-21(8-7-19(20)4-1)28-24(26-12-9-22-6-3-13-30-22)27-17-23-18-31-25(32-23)10-14-29-15-11-25;/h1-6,13,21,23H,7-12,14-18H2,(H2,26,27,28);1H. The Morgan fingerprint density at radius 3 is 2.76 bits per heavy atom. The number of nitrogens with zero attached hydrogens (tertiary/aromatic N) is 1. The number of benzene rings is 1. The summed E-state index contributed by atoms with van der Waals surface area (Å²) in [6, 6.07) is 13.0. The Bertz CT molecular complexity index is 899. The number of fused-ring (bicyclic) bond motifs is 1. The van der Waals surface area contributed by atoms with Crippen molar-refractivity contribution in [3.05, 3.63) is 59.5 Å². The zero-order valence-corrected chi connectivity index (χ0v) is 21.3. The third-order valence-electron chi connectivity index (χ3n) is 6.55. The summed E-state index contributed by atoms with van der Waals surface area (Å²) in [5, 5.41) is 7.15. The van der Waals surface area contributed by atoms with E-state index in [-0.39, 0.29) is 30.1 Å². The summed E-state index contributed by atoms with van der Waals surface area (Å²) in [7, 11) is 0. The van der Waals surface area contributed by atoms with Gasteiger partial charge in [0.25, 0.3) is 0 Å². The molecule has 1 spiro atoms. The molecule has 0 bridgehead atoms. The zero-order valence-electron chi connectivity index (χ0n) is 19.0. The minimum atomic E-state index is -0.466. The number of aryl methyl sites for hydroxylation is 1. The SMILES string of the molecule is I.c1coc(CCNC(=NCC2COC3(CCOCC3)O2)NC2CCc3ccccc3C2)c1. The van der Waals surface area contributed by atoms with Gasteiger partial charge >= 0.3 is 0 Å². The lowest BCUT2D eigenvalue weighted by Crippen LogP contribution is -2.46. The van der Waals surface area contributed by atoms with Gasteiger partial charge in [-0.3, -0.25) is 4.99 Å². The summed E-state index contributed by atoms with van der Waals surface area (Å²) < 4.78 is 23.2. The van der Waals surface area contributed by atoms with Crippen LogP contribution in [0.1, 0.15) is 36.1 Å². The third kappa shape index (κ3) is 6.49. The molecular weight excluding hydrogens is 533 g/mol. The van der Waals surface area contributed by atoms with E-state index in [0.717, 1.165) is 56.8 Å². The van der Waals surface area contributed by atoms with Crippen LogP contribution in [0.25, 0.3) is 0 Å². The minimum Gasteiger partial charge on any atom is -0.469 e. The Morgan fingerprint density at radius 2 is 1.94 bits per heavy atom. The molecule has 2 aliphatic heterocycles. The van der Waals surface area contributed by atoms with Gasteiger partial charge in [0.2, 0.25) is 0 Å². The van der Waals surface area contributed by atoms with E-state index in [1.54, 1.807) is 6.26 Å². The number of hydrogen-bond acceptors (Lipinski definition) is 5. The van der Waals surface area contributed by atoms with E-state index < -0.39 is 5.79 Å². The highest BCUT2D eigenvalue weighted by molar-refractivity contribution is 14.0. The second-order valence-electron chi connectivity index (χ2n) is 8.87. The number of hydrogen-bond donors (Lipinski definition) is 2. The van der Waals surface area contributed by atoms with Crippen LogP contribution in [0.2, 0.25) is 0 Å². The smallest absolute Gasteiger partial charge is 0.191 e. The summed E-state index contributed by atoms with van der Waals surface area (Å²) in [5.74, 6) is 1.33. The third-order valence-corrected chi connectivity index (χ3v) is 6.55. The predicted molar refractivity (Wildman–Crippen MR) is 137 cm³/mol. The lowest BCUT2D eigenvalue weighted by Gasteiger charge is -2.31. The van der Waals surface area contributed by atoms with Crippen LogP contribution in [-0.4, -0.2) is 56.8 Å². The maximum atomic E-state index is 6.26. The molecular formula is C25H34IN3O4. The summed E-state index contributed by atoms with van der Waals surface area (Å²) in [6.07, 6.45) is 7.30. The molecule has 180 valence electrons. The maximum absolute atomic E-state index is 6.26. The van der Waals surface area contributed by atoms with E-state index in [1.165, 1.54) is 11.1 Å². The fourth-order valence-corrected chi connectivity index (χ4v) is 4.77. The molecule has 7 nitrogen and oxygen atoms in total. The fraction of sp³-hybridized carbons (Fsp3) is 0.560. The number of ether oxygens (including phenoxy) is 3. The van der Waals surface area contributed by atoms with Crippen molar-refractivity contribution in [3.8, 4) is 0 Å². The Labute approximate surface area is 212 Å². The number of furan rings is 1. The van der Waals surface area contributed by atoms with Crippen molar-refractivity contribution in [1.29, 1.82) is 0 Å². The van der Waals surface area contributed by atoms with E-state index >= 15 is 0 Å². The monoisotopic (exact) mass is 567 g/mol. The normalized spacial score (nSPS) is 24.2. The first-order valence-electron chi connectivity index (χ1n) is 11.8. The zero-order chi connectivity index (χ0) is 21.6. The van der Waals surface area contributed by atoms with Gasteiger partial charge < -0.3 is 29.3 Å². The molecule has 0 saturated carbocycles. The van der Waals surface area contributed by atoms with Crippen LogP contribution in [0.4, 0.5) is 0 Å².